The van der Waals surface area contributed by atoms with Gasteiger partial charge in [0, 0.05) is 12.6 Å². The molecule has 6 heteroatoms. The molecule has 2 fully saturated rings. The van der Waals surface area contributed by atoms with Gasteiger partial charge in [0.15, 0.2) is 0 Å². The van der Waals surface area contributed by atoms with E-state index in [1.807, 2.05) is 12.1 Å². The lowest BCUT2D eigenvalue weighted by Gasteiger charge is -2.32. The molecule has 0 radical (unpaired) electrons. The molecule has 5 rings (SSSR count). The van der Waals surface area contributed by atoms with E-state index in [1.165, 1.54) is 55.0 Å². The van der Waals surface area contributed by atoms with Gasteiger partial charge in [-0.1, -0.05) is 72.8 Å². The van der Waals surface area contributed by atoms with E-state index in [4.69, 9.17) is 0 Å². The van der Waals surface area contributed by atoms with E-state index in [9.17, 15) is 13.2 Å². The number of carbonyl (C=O) groups excluding carboxylic acids is 1. The summed E-state index contributed by atoms with van der Waals surface area (Å²) >= 11 is 0. The van der Waals surface area contributed by atoms with Gasteiger partial charge in [-0.25, -0.2) is 13.1 Å². The number of nitrogens with zero attached hydrogens (tertiary/aromatic N) is 1. The molecular formula is C31H34N2O3S. The van der Waals surface area contributed by atoms with Crippen molar-refractivity contribution in [2.45, 2.75) is 43.0 Å². The van der Waals surface area contributed by atoms with Gasteiger partial charge in [0.05, 0.1) is 4.90 Å². The van der Waals surface area contributed by atoms with Gasteiger partial charge in [-0.05, 0) is 91.4 Å². The molecule has 1 amide bonds. The second-order valence-electron chi connectivity index (χ2n) is 10.3. The molecule has 0 aromatic heterocycles. The summed E-state index contributed by atoms with van der Waals surface area (Å²) in [6.07, 6.45) is 8.15. The summed E-state index contributed by atoms with van der Waals surface area (Å²) in [6, 6.07) is 26.9. The zero-order valence-corrected chi connectivity index (χ0v) is 21.8. The quantitative estimate of drug-likeness (QED) is 0.377. The fraction of sp³-hybridized carbons (Fsp3) is 0.323. The van der Waals surface area contributed by atoms with Crippen LogP contribution < -0.4 is 4.72 Å². The van der Waals surface area contributed by atoms with Crippen LogP contribution in [-0.4, -0.2) is 32.3 Å². The molecule has 1 saturated carbocycles. The van der Waals surface area contributed by atoms with Crippen LogP contribution in [-0.2, 0) is 21.4 Å². The Kier molecular flexibility index (Phi) is 7.87. The highest BCUT2D eigenvalue weighted by Crippen LogP contribution is 2.51. The molecule has 5 nitrogen and oxygen atoms in total. The normalized spacial score (nSPS) is 20.6. The van der Waals surface area contributed by atoms with Crippen LogP contribution in [0.5, 0.6) is 0 Å². The summed E-state index contributed by atoms with van der Waals surface area (Å²) in [5.74, 6) is 1.80. The van der Waals surface area contributed by atoms with E-state index in [2.05, 4.69) is 52.1 Å². The fourth-order valence-electron chi connectivity index (χ4n) is 5.48. The molecule has 0 bridgehead atoms. The number of hydrogen-bond donors (Lipinski definition) is 1. The molecule has 1 aliphatic heterocycles. The van der Waals surface area contributed by atoms with Crippen molar-refractivity contribution in [3.8, 4) is 0 Å². The number of sulfonamides is 1. The largest absolute Gasteiger partial charge is 0.299 e. The molecule has 192 valence electrons. The maximum Gasteiger partial charge on any atom is 0.264 e. The van der Waals surface area contributed by atoms with Crippen molar-refractivity contribution in [2.24, 2.45) is 11.8 Å². The number of nitrogens with one attached hydrogen (secondary N) is 1. The van der Waals surface area contributed by atoms with E-state index in [1.54, 1.807) is 24.3 Å². The third-order valence-corrected chi connectivity index (χ3v) is 8.93. The van der Waals surface area contributed by atoms with Crippen molar-refractivity contribution in [2.75, 3.05) is 13.1 Å². The summed E-state index contributed by atoms with van der Waals surface area (Å²) < 4.78 is 26.7. The predicted molar refractivity (Wildman–Crippen MR) is 147 cm³/mol. The molecule has 1 N–H and O–H groups in total. The van der Waals surface area contributed by atoms with Crippen LogP contribution in [0, 0.1) is 11.8 Å². The van der Waals surface area contributed by atoms with Crippen molar-refractivity contribution < 1.29 is 13.2 Å². The average molecular weight is 515 g/mol. The molecule has 3 aromatic rings. The zero-order valence-electron chi connectivity index (χ0n) is 21.0. The van der Waals surface area contributed by atoms with Gasteiger partial charge < -0.3 is 0 Å². The molecule has 0 unspecified atom stereocenters. The minimum absolute atomic E-state index is 0.0654. The van der Waals surface area contributed by atoms with Crippen molar-refractivity contribution >= 4 is 22.0 Å². The van der Waals surface area contributed by atoms with E-state index in [-0.39, 0.29) is 4.90 Å². The highest BCUT2D eigenvalue weighted by molar-refractivity contribution is 7.90. The number of rotatable bonds is 9. The lowest BCUT2D eigenvalue weighted by molar-refractivity contribution is -0.114. The number of piperidine rings is 1. The lowest BCUT2D eigenvalue weighted by atomic mass is 9.90. The van der Waals surface area contributed by atoms with Gasteiger partial charge in [0.2, 0.25) is 0 Å². The Bertz CT molecular complexity index is 1330. The average Bonchev–Trinajstić information content (AvgIpc) is 3.69. The molecule has 37 heavy (non-hydrogen) atoms. The van der Waals surface area contributed by atoms with E-state index < -0.39 is 15.9 Å². The highest BCUT2D eigenvalue weighted by atomic mass is 32.2. The van der Waals surface area contributed by atoms with E-state index >= 15 is 0 Å². The minimum atomic E-state index is -3.87. The molecule has 1 heterocycles. The Morgan fingerprint density at radius 3 is 2.35 bits per heavy atom. The number of benzene rings is 3. The fourth-order valence-corrected chi connectivity index (χ4v) is 6.44. The number of amides is 1. The van der Waals surface area contributed by atoms with E-state index in [0.29, 0.717) is 0 Å². The van der Waals surface area contributed by atoms with Gasteiger partial charge in [-0.3, -0.25) is 9.69 Å². The second-order valence-corrected chi connectivity index (χ2v) is 12.0. The van der Waals surface area contributed by atoms with Crippen molar-refractivity contribution in [1.82, 2.24) is 9.62 Å². The molecule has 0 spiro atoms. The summed E-state index contributed by atoms with van der Waals surface area (Å²) in [7, 11) is -3.87. The number of hydrogen-bond acceptors (Lipinski definition) is 4. The topological polar surface area (TPSA) is 66.5 Å². The van der Waals surface area contributed by atoms with Gasteiger partial charge >= 0.3 is 0 Å². The Morgan fingerprint density at radius 2 is 1.62 bits per heavy atom. The molecule has 2 atom stereocenters. The van der Waals surface area contributed by atoms with Crippen molar-refractivity contribution in [1.29, 1.82) is 0 Å². The van der Waals surface area contributed by atoms with Gasteiger partial charge in [-0.2, -0.15) is 0 Å². The van der Waals surface area contributed by atoms with Crippen LogP contribution in [0.2, 0.25) is 0 Å². The van der Waals surface area contributed by atoms with E-state index in [0.717, 1.165) is 43.0 Å². The second kappa shape index (κ2) is 11.4. The van der Waals surface area contributed by atoms with Crippen LogP contribution in [0.4, 0.5) is 0 Å². The Morgan fingerprint density at radius 1 is 0.919 bits per heavy atom. The molecule has 2 aliphatic rings. The number of likely N-dealkylation sites (tertiary alicyclic amines) is 1. The maximum absolute atomic E-state index is 12.3. The standard InChI is InChI=1S/C31H34N2O3S/c34-31(32-37(35,36)29-12-5-2-6-13-29)15-14-24-8-7-9-26(20-24)23-33-18-16-25(17-19-33)21-28-22-30(28)27-10-3-1-4-11-27/h1-15,20,25,28,30H,16-19,21-23H2,(H,32,34)/b15-14+/t28-,30+/m1/s1. The Labute approximate surface area is 220 Å². The Hall–Kier alpha value is -3.22. The summed E-state index contributed by atoms with van der Waals surface area (Å²) in [4.78, 5) is 14.8. The third kappa shape index (κ3) is 6.96. The van der Waals surface area contributed by atoms with Crippen LogP contribution in [0.25, 0.3) is 6.08 Å². The minimum Gasteiger partial charge on any atom is -0.299 e. The monoisotopic (exact) mass is 514 g/mol. The Balaban J connectivity index is 1.08. The summed E-state index contributed by atoms with van der Waals surface area (Å²) in [5, 5.41) is 0. The van der Waals surface area contributed by atoms with Crippen LogP contribution in [0.1, 0.15) is 48.3 Å². The summed E-state index contributed by atoms with van der Waals surface area (Å²) in [6.45, 7) is 3.12. The summed E-state index contributed by atoms with van der Waals surface area (Å²) in [5.41, 5.74) is 3.58. The SMILES string of the molecule is O=C(/C=C/c1cccc(CN2CCC(C[C@@H]3C[C@H]3c3ccccc3)CC2)c1)NS(=O)(=O)c1ccccc1. The number of carbonyl (C=O) groups is 1. The van der Waals surface area contributed by atoms with Gasteiger partial charge in [0.1, 0.15) is 0 Å². The molecule has 1 aliphatic carbocycles. The van der Waals surface area contributed by atoms with Crippen LogP contribution >= 0.6 is 0 Å². The van der Waals surface area contributed by atoms with Gasteiger partial charge in [0.25, 0.3) is 15.9 Å². The molecule has 1 saturated heterocycles. The first kappa shape index (κ1) is 25.4. The van der Waals surface area contributed by atoms with Crippen LogP contribution in [0.15, 0.2) is 95.9 Å². The van der Waals surface area contributed by atoms with Gasteiger partial charge in [-0.15, -0.1) is 0 Å². The first-order valence-electron chi connectivity index (χ1n) is 13.1. The molecule has 3 aromatic carbocycles. The van der Waals surface area contributed by atoms with Crippen molar-refractivity contribution in [3.05, 3.63) is 108 Å². The van der Waals surface area contributed by atoms with Crippen LogP contribution in [0.3, 0.4) is 0 Å². The third-order valence-electron chi connectivity index (χ3n) is 7.57. The van der Waals surface area contributed by atoms with Crippen molar-refractivity contribution in [3.63, 3.8) is 0 Å². The zero-order chi connectivity index (χ0) is 25.7. The smallest absolute Gasteiger partial charge is 0.264 e. The first-order chi connectivity index (χ1) is 18.0. The predicted octanol–water partition coefficient (Wildman–Crippen LogP) is 5.61. The lowest BCUT2D eigenvalue weighted by Crippen LogP contribution is -2.33. The molecular weight excluding hydrogens is 480 g/mol. The highest BCUT2D eigenvalue weighted by Gasteiger charge is 2.39. The first-order valence-corrected chi connectivity index (χ1v) is 14.6. The maximum atomic E-state index is 12.3.